The zero-order valence-corrected chi connectivity index (χ0v) is 11.3. The maximum Gasteiger partial charge on any atom is 0.258 e. The Morgan fingerprint density at radius 1 is 1.26 bits per heavy atom. The van der Waals surface area contributed by atoms with Gasteiger partial charge >= 0.3 is 0 Å². The Hall–Kier alpha value is -2.14. The summed E-state index contributed by atoms with van der Waals surface area (Å²) in [5.41, 5.74) is 8.26. The van der Waals surface area contributed by atoms with E-state index in [1.165, 1.54) is 0 Å². The van der Waals surface area contributed by atoms with E-state index in [9.17, 15) is 4.79 Å². The normalized spacial score (nSPS) is 10.3. The summed E-state index contributed by atoms with van der Waals surface area (Å²) >= 11 is 5.81. The molecule has 0 unspecified atom stereocenters. The third kappa shape index (κ3) is 3.20. The van der Waals surface area contributed by atoms with Gasteiger partial charge in [-0.2, -0.15) is 0 Å². The number of aromatic nitrogens is 2. The summed E-state index contributed by atoms with van der Waals surface area (Å²) in [4.78, 5) is 20.1. The van der Waals surface area contributed by atoms with Gasteiger partial charge in [0, 0.05) is 16.9 Å². The number of nitrogen functional groups attached to an aromatic ring is 1. The monoisotopic (exact) mass is 276 g/mol. The van der Waals surface area contributed by atoms with E-state index in [1.54, 1.807) is 31.2 Å². The number of carbonyl (C=O) groups excluding carboxylic acids is 1. The quantitative estimate of drug-likeness (QED) is 0.652. The molecule has 0 spiro atoms. The predicted octanol–water partition coefficient (Wildman–Crippen LogP) is 2.58. The maximum absolute atomic E-state index is 12.1. The Morgan fingerprint density at radius 3 is 2.63 bits per heavy atom. The molecule has 0 bridgehead atoms. The van der Waals surface area contributed by atoms with Gasteiger partial charge in [-0.3, -0.25) is 10.1 Å². The van der Waals surface area contributed by atoms with Crippen molar-refractivity contribution in [1.29, 1.82) is 0 Å². The SMILES string of the molecule is Cc1cc(Cl)nc(NC(=O)c2ccc(N)cc2C)n1. The van der Waals surface area contributed by atoms with Crippen molar-refractivity contribution in [1.82, 2.24) is 9.97 Å². The molecule has 0 aliphatic carbocycles. The molecule has 0 aliphatic rings. The van der Waals surface area contributed by atoms with Crippen LogP contribution in [0.1, 0.15) is 21.6 Å². The summed E-state index contributed by atoms with van der Waals surface area (Å²) in [5.74, 6) is -0.106. The fourth-order valence-electron chi connectivity index (χ4n) is 1.70. The lowest BCUT2D eigenvalue weighted by Gasteiger charge is -2.07. The van der Waals surface area contributed by atoms with Crippen LogP contribution in [0.3, 0.4) is 0 Å². The van der Waals surface area contributed by atoms with Gasteiger partial charge < -0.3 is 5.73 Å². The Balaban J connectivity index is 2.25. The predicted molar refractivity (Wildman–Crippen MR) is 75.3 cm³/mol. The molecule has 5 nitrogen and oxygen atoms in total. The molecule has 19 heavy (non-hydrogen) atoms. The summed E-state index contributed by atoms with van der Waals surface area (Å²) < 4.78 is 0. The lowest BCUT2D eigenvalue weighted by molar-refractivity contribution is 0.102. The van der Waals surface area contributed by atoms with E-state index in [0.717, 1.165) is 5.56 Å². The van der Waals surface area contributed by atoms with Crippen LogP contribution in [-0.2, 0) is 0 Å². The topological polar surface area (TPSA) is 80.9 Å². The number of carbonyl (C=O) groups is 1. The number of benzene rings is 1. The second-order valence-electron chi connectivity index (χ2n) is 4.18. The Bertz CT molecular complexity index is 622. The van der Waals surface area contributed by atoms with Gasteiger partial charge in [0.05, 0.1) is 0 Å². The molecule has 1 heterocycles. The molecule has 6 heteroatoms. The van der Waals surface area contributed by atoms with Crippen LogP contribution >= 0.6 is 11.6 Å². The first kappa shape index (κ1) is 13.3. The van der Waals surface area contributed by atoms with Crippen LogP contribution in [0, 0.1) is 13.8 Å². The molecule has 98 valence electrons. The highest BCUT2D eigenvalue weighted by molar-refractivity contribution is 6.29. The van der Waals surface area contributed by atoms with E-state index in [1.807, 2.05) is 6.92 Å². The highest BCUT2D eigenvalue weighted by atomic mass is 35.5. The van der Waals surface area contributed by atoms with Crippen molar-refractivity contribution >= 4 is 29.1 Å². The van der Waals surface area contributed by atoms with Gasteiger partial charge in [0.1, 0.15) is 5.15 Å². The maximum atomic E-state index is 12.1. The average Bonchev–Trinajstić information content (AvgIpc) is 2.26. The zero-order valence-electron chi connectivity index (χ0n) is 10.6. The first-order valence-corrected chi connectivity index (χ1v) is 6.02. The minimum atomic E-state index is -0.292. The molecular formula is C13H13ClN4O. The van der Waals surface area contributed by atoms with Gasteiger partial charge in [-0.15, -0.1) is 0 Å². The number of aryl methyl sites for hydroxylation is 2. The molecule has 2 rings (SSSR count). The molecule has 1 amide bonds. The number of halogens is 1. The van der Waals surface area contributed by atoms with E-state index < -0.39 is 0 Å². The van der Waals surface area contributed by atoms with Crippen LogP contribution in [0.25, 0.3) is 0 Å². The number of amides is 1. The molecule has 0 fully saturated rings. The molecule has 0 saturated carbocycles. The smallest absolute Gasteiger partial charge is 0.258 e. The fraction of sp³-hybridized carbons (Fsp3) is 0.154. The molecule has 1 aromatic carbocycles. The summed E-state index contributed by atoms with van der Waals surface area (Å²) in [6.45, 7) is 3.59. The Labute approximate surface area is 115 Å². The van der Waals surface area contributed by atoms with Gasteiger partial charge in [-0.05, 0) is 43.7 Å². The fourth-order valence-corrected chi connectivity index (χ4v) is 1.93. The summed E-state index contributed by atoms with van der Waals surface area (Å²) in [7, 11) is 0. The molecule has 0 aliphatic heterocycles. The van der Waals surface area contributed by atoms with Crippen molar-refractivity contribution in [2.75, 3.05) is 11.1 Å². The van der Waals surface area contributed by atoms with E-state index in [-0.39, 0.29) is 17.0 Å². The van der Waals surface area contributed by atoms with Crippen molar-refractivity contribution in [3.63, 3.8) is 0 Å². The number of nitrogens with one attached hydrogen (secondary N) is 1. The van der Waals surface area contributed by atoms with E-state index in [0.29, 0.717) is 16.9 Å². The largest absolute Gasteiger partial charge is 0.399 e. The number of anilines is 2. The van der Waals surface area contributed by atoms with Crippen LogP contribution in [0.15, 0.2) is 24.3 Å². The third-order valence-electron chi connectivity index (χ3n) is 2.54. The van der Waals surface area contributed by atoms with Gasteiger partial charge in [0.15, 0.2) is 0 Å². The van der Waals surface area contributed by atoms with Gasteiger partial charge in [-0.25, -0.2) is 9.97 Å². The first-order chi connectivity index (χ1) is 8.95. The number of nitrogens with two attached hydrogens (primary N) is 1. The molecule has 1 aromatic heterocycles. The van der Waals surface area contributed by atoms with Gasteiger partial charge in [0.25, 0.3) is 5.91 Å². The summed E-state index contributed by atoms with van der Waals surface area (Å²) in [5, 5.41) is 2.90. The van der Waals surface area contributed by atoms with E-state index in [2.05, 4.69) is 15.3 Å². The standard InChI is InChI=1S/C13H13ClN4O/c1-7-5-9(15)3-4-10(7)12(19)18-13-16-8(2)6-11(14)17-13/h3-6H,15H2,1-2H3,(H,16,17,18,19). The highest BCUT2D eigenvalue weighted by Crippen LogP contribution is 2.15. The van der Waals surface area contributed by atoms with E-state index in [4.69, 9.17) is 17.3 Å². The minimum absolute atomic E-state index is 0.186. The zero-order chi connectivity index (χ0) is 14.0. The van der Waals surface area contributed by atoms with Crippen LogP contribution in [-0.4, -0.2) is 15.9 Å². The van der Waals surface area contributed by atoms with Crippen LogP contribution in [0.4, 0.5) is 11.6 Å². The van der Waals surface area contributed by atoms with Crippen molar-refractivity contribution in [2.45, 2.75) is 13.8 Å². The molecule has 0 atom stereocenters. The summed E-state index contributed by atoms with van der Waals surface area (Å²) in [6.07, 6.45) is 0. The molecule has 0 saturated heterocycles. The molecule has 0 radical (unpaired) electrons. The number of hydrogen-bond acceptors (Lipinski definition) is 4. The van der Waals surface area contributed by atoms with Crippen LogP contribution < -0.4 is 11.1 Å². The lowest BCUT2D eigenvalue weighted by Crippen LogP contribution is -2.16. The third-order valence-corrected chi connectivity index (χ3v) is 2.74. The second-order valence-corrected chi connectivity index (χ2v) is 4.57. The van der Waals surface area contributed by atoms with E-state index >= 15 is 0 Å². The van der Waals surface area contributed by atoms with Gasteiger partial charge in [0.2, 0.25) is 5.95 Å². The summed E-state index contributed by atoms with van der Waals surface area (Å²) in [6, 6.07) is 6.69. The lowest BCUT2D eigenvalue weighted by atomic mass is 10.1. The first-order valence-electron chi connectivity index (χ1n) is 5.64. The Morgan fingerprint density at radius 2 is 2.00 bits per heavy atom. The van der Waals surface area contributed by atoms with Crippen molar-refractivity contribution in [2.24, 2.45) is 0 Å². The number of hydrogen-bond donors (Lipinski definition) is 2. The van der Waals surface area contributed by atoms with Crippen molar-refractivity contribution < 1.29 is 4.79 Å². The second kappa shape index (κ2) is 5.24. The van der Waals surface area contributed by atoms with Crippen LogP contribution in [0.5, 0.6) is 0 Å². The Kier molecular flexibility index (Phi) is 3.66. The van der Waals surface area contributed by atoms with Gasteiger partial charge in [-0.1, -0.05) is 11.6 Å². The molecule has 2 aromatic rings. The average molecular weight is 277 g/mol. The molecule has 3 N–H and O–H groups in total. The number of nitrogens with zero attached hydrogens (tertiary/aromatic N) is 2. The number of rotatable bonds is 2. The van der Waals surface area contributed by atoms with Crippen molar-refractivity contribution in [3.05, 3.63) is 46.2 Å². The molecular weight excluding hydrogens is 264 g/mol. The highest BCUT2D eigenvalue weighted by Gasteiger charge is 2.11. The minimum Gasteiger partial charge on any atom is -0.399 e. The van der Waals surface area contributed by atoms with Crippen LogP contribution in [0.2, 0.25) is 5.15 Å². The van der Waals surface area contributed by atoms with Crippen molar-refractivity contribution in [3.8, 4) is 0 Å².